The van der Waals surface area contributed by atoms with Crippen LogP contribution in [-0.2, 0) is 11.2 Å². The molecule has 0 atom stereocenters. The smallest absolute Gasteiger partial charge is 0.226 e. The van der Waals surface area contributed by atoms with E-state index in [1.807, 2.05) is 0 Å². The molecule has 1 N–H and O–H groups in total. The van der Waals surface area contributed by atoms with Crippen LogP contribution in [0.2, 0.25) is 0 Å². The van der Waals surface area contributed by atoms with Crippen LogP contribution in [0.25, 0.3) is 0 Å². The number of ether oxygens (including phenoxy) is 2. The first-order chi connectivity index (χ1) is 12.5. The zero-order chi connectivity index (χ0) is 18.9. The van der Waals surface area contributed by atoms with Crippen molar-refractivity contribution in [2.75, 3.05) is 19.0 Å². The quantitative estimate of drug-likeness (QED) is 0.503. The van der Waals surface area contributed by atoms with Crippen molar-refractivity contribution < 1.29 is 19.1 Å². The summed E-state index contributed by atoms with van der Waals surface area (Å²) < 4.78 is 10.9. The third kappa shape index (κ3) is 5.80. The van der Waals surface area contributed by atoms with Crippen LogP contribution in [-0.4, -0.2) is 35.6 Å². The third-order valence-corrected chi connectivity index (χ3v) is 4.45. The molecule has 0 aliphatic heterocycles. The van der Waals surface area contributed by atoms with Crippen molar-refractivity contribution in [1.82, 2.24) is 10.2 Å². The topological polar surface area (TPSA) is 90.4 Å². The Balaban J connectivity index is 1.77. The van der Waals surface area contributed by atoms with E-state index >= 15 is 0 Å². The van der Waals surface area contributed by atoms with Crippen molar-refractivity contribution >= 4 is 28.2 Å². The second-order valence-corrected chi connectivity index (χ2v) is 6.74. The number of ketones is 1. The number of methoxy groups -OCH3 is 1. The van der Waals surface area contributed by atoms with Gasteiger partial charge in [-0.1, -0.05) is 18.3 Å². The largest absolute Gasteiger partial charge is 0.493 e. The summed E-state index contributed by atoms with van der Waals surface area (Å²) in [6, 6.07) is 5.04. The van der Waals surface area contributed by atoms with E-state index in [1.54, 1.807) is 18.2 Å². The number of aryl methyl sites for hydroxylation is 1. The molecule has 2 rings (SSSR count). The lowest BCUT2D eigenvalue weighted by atomic mass is 10.1. The zero-order valence-electron chi connectivity index (χ0n) is 15.2. The lowest BCUT2D eigenvalue weighted by Gasteiger charge is -2.11. The molecule has 1 heterocycles. The molecule has 0 spiro atoms. The number of carbonyl (C=O) groups excluding carboxylic acids is 2. The average Bonchev–Trinajstić information content (AvgIpc) is 3.05. The molecule has 0 saturated carbocycles. The van der Waals surface area contributed by atoms with Crippen molar-refractivity contribution in [2.24, 2.45) is 0 Å². The Morgan fingerprint density at radius 1 is 1.23 bits per heavy atom. The van der Waals surface area contributed by atoms with Crippen LogP contribution in [0.4, 0.5) is 5.13 Å². The minimum absolute atomic E-state index is 0.0368. The highest BCUT2D eigenvalue weighted by Crippen LogP contribution is 2.28. The Morgan fingerprint density at radius 2 is 2.04 bits per heavy atom. The molecule has 8 heteroatoms. The van der Waals surface area contributed by atoms with Gasteiger partial charge in [0.1, 0.15) is 5.01 Å². The van der Waals surface area contributed by atoms with Gasteiger partial charge in [0.25, 0.3) is 0 Å². The van der Waals surface area contributed by atoms with Crippen molar-refractivity contribution in [3.05, 3.63) is 28.8 Å². The molecule has 1 amide bonds. The molecular weight excluding hydrogens is 354 g/mol. The molecule has 26 heavy (non-hydrogen) atoms. The molecule has 0 aliphatic rings. The number of anilines is 1. The lowest BCUT2D eigenvalue weighted by Crippen LogP contribution is -2.12. The first-order valence-corrected chi connectivity index (χ1v) is 9.29. The summed E-state index contributed by atoms with van der Waals surface area (Å²) in [5.41, 5.74) is 0.563. The van der Waals surface area contributed by atoms with Gasteiger partial charge < -0.3 is 14.8 Å². The monoisotopic (exact) mass is 377 g/mol. The molecule has 0 radical (unpaired) electrons. The molecule has 2 aromatic rings. The average molecular weight is 377 g/mol. The van der Waals surface area contributed by atoms with E-state index in [4.69, 9.17) is 9.47 Å². The SMILES string of the molecule is CCCc1nnc(NC(=O)CCCOc2ccc(C(C)=O)cc2OC)s1. The number of hydrogen-bond donors (Lipinski definition) is 1. The number of rotatable bonds is 10. The van der Waals surface area contributed by atoms with E-state index in [-0.39, 0.29) is 11.7 Å². The minimum Gasteiger partial charge on any atom is -0.493 e. The lowest BCUT2D eigenvalue weighted by molar-refractivity contribution is -0.116. The van der Waals surface area contributed by atoms with E-state index in [2.05, 4.69) is 22.4 Å². The number of Topliss-reactive ketones (excluding diaryl/α,β-unsaturated/α-hetero) is 1. The molecule has 0 fully saturated rings. The van der Waals surface area contributed by atoms with Gasteiger partial charge in [-0.3, -0.25) is 9.59 Å². The predicted octanol–water partition coefficient (Wildman–Crippen LogP) is 3.50. The summed E-state index contributed by atoms with van der Waals surface area (Å²) in [6.07, 6.45) is 2.73. The Hall–Kier alpha value is -2.48. The fourth-order valence-electron chi connectivity index (χ4n) is 2.22. The van der Waals surface area contributed by atoms with Crippen LogP contribution < -0.4 is 14.8 Å². The maximum Gasteiger partial charge on any atom is 0.226 e. The van der Waals surface area contributed by atoms with E-state index in [0.717, 1.165) is 17.8 Å². The van der Waals surface area contributed by atoms with Gasteiger partial charge in [-0.25, -0.2) is 0 Å². The summed E-state index contributed by atoms with van der Waals surface area (Å²) in [6.45, 7) is 3.93. The van der Waals surface area contributed by atoms with Crippen LogP contribution in [0.5, 0.6) is 11.5 Å². The summed E-state index contributed by atoms with van der Waals surface area (Å²) in [7, 11) is 1.52. The molecule has 1 aromatic heterocycles. The summed E-state index contributed by atoms with van der Waals surface area (Å²) in [5, 5.41) is 12.2. The van der Waals surface area contributed by atoms with E-state index < -0.39 is 0 Å². The Bertz CT molecular complexity index is 761. The highest BCUT2D eigenvalue weighted by molar-refractivity contribution is 7.15. The van der Waals surface area contributed by atoms with Gasteiger partial charge in [-0.15, -0.1) is 10.2 Å². The van der Waals surface area contributed by atoms with Crippen molar-refractivity contribution in [3.63, 3.8) is 0 Å². The highest BCUT2D eigenvalue weighted by Gasteiger charge is 2.10. The van der Waals surface area contributed by atoms with Gasteiger partial charge in [-0.2, -0.15) is 0 Å². The number of amides is 1. The van der Waals surface area contributed by atoms with E-state index in [9.17, 15) is 9.59 Å². The molecule has 0 aliphatic carbocycles. The van der Waals surface area contributed by atoms with Crippen LogP contribution >= 0.6 is 11.3 Å². The highest BCUT2D eigenvalue weighted by atomic mass is 32.1. The minimum atomic E-state index is -0.119. The zero-order valence-corrected chi connectivity index (χ0v) is 16.0. The van der Waals surface area contributed by atoms with Crippen molar-refractivity contribution in [1.29, 1.82) is 0 Å². The van der Waals surface area contributed by atoms with Crippen LogP contribution in [0.1, 0.15) is 48.5 Å². The molecule has 7 nitrogen and oxygen atoms in total. The van der Waals surface area contributed by atoms with Crippen molar-refractivity contribution in [2.45, 2.75) is 39.5 Å². The maximum atomic E-state index is 11.9. The second-order valence-electron chi connectivity index (χ2n) is 5.67. The second kappa shape index (κ2) is 9.86. The number of benzene rings is 1. The predicted molar refractivity (Wildman–Crippen MR) is 100 cm³/mol. The molecule has 0 unspecified atom stereocenters. The Labute approximate surface area is 156 Å². The van der Waals surface area contributed by atoms with Crippen LogP contribution in [0.15, 0.2) is 18.2 Å². The van der Waals surface area contributed by atoms with Crippen molar-refractivity contribution in [3.8, 4) is 11.5 Å². The molecule has 1 aromatic carbocycles. The van der Waals surface area contributed by atoms with Crippen LogP contribution in [0.3, 0.4) is 0 Å². The van der Waals surface area contributed by atoms with Gasteiger partial charge in [0.05, 0.1) is 13.7 Å². The Kier molecular flexibility index (Phi) is 7.53. The summed E-state index contributed by atoms with van der Waals surface area (Å²) in [5.74, 6) is 0.891. The molecular formula is C18H23N3O4S. The number of nitrogens with one attached hydrogen (secondary N) is 1. The van der Waals surface area contributed by atoms with Gasteiger partial charge in [0.15, 0.2) is 17.3 Å². The van der Waals surface area contributed by atoms with Crippen LogP contribution in [0, 0.1) is 0 Å². The van der Waals surface area contributed by atoms with E-state index in [1.165, 1.54) is 25.4 Å². The van der Waals surface area contributed by atoms with Gasteiger partial charge >= 0.3 is 0 Å². The fraction of sp³-hybridized carbons (Fsp3) is 0.444. The Morgan fingerprint density at radius 3 is 2.73 bits per heavy atom. The van der Waals surface area contributed by atoms with E-state index in [0.29, 0.717) is 41.6 Å². The van der Waals surface area contributed by atoms with Gasteiger partial charge in [-0.05, 0) is 38.0 Å². The fourth-order valence-corrected chi connectivity index (χ4v) is 3.08. The maximum absolute atomic E-state index is 11.9. The number of nitrogens with zero attached hydrogens (tertiary/aromatic N) is 2. The summed E-state index contributed by atoms with van der Waals surface area (Å²) >= 11 is 1.40. The first kappa shape index (κ1) is 19.8. The standard InChI is InChI=1S/C18H23N3O4S/c1-4-6-17-20-21-18(26-17)19-16(23)7-5-10-25-14-9-8-13(12(2)22)11-15(14)24-3/h8-9,11H,4-7,10H2,1-3H3,(H,19,21,23). The number of carbonyl (C=O) groups is 2. The summed E-state index contributed by atoms with van der Waals surface area (Å²) in [4.78, 5) is 23.3. The van der Waals surface area contributed by atoms with Gasteiger partial charge in [0, 0.05) is 18.4 Å². The molecule has 140 valence electrons. The molecule has 0 saturated heterocycles. The normalized spacial score (nSPS) is 10.4. The first-order valence-electron chi connectivity index (χ1n) is 8.47. The van der Waals surface area contributed by atoms with Gasteiger partial charge in [0.2, 0.25) is 11.0 Å². The molecule has 0 bridgehead atoms. The number of aromatic nitrogens is 2. The number of hydrogen-bond acceptors (Lipinski definition) is 7. The third-order valence-electron chi connectivity index (χ3n) is 3.55.